The van der Waals surface area contributed by atoms with E-state index in [1.54, 1.807) is 0 Å². The molecule has 0 unspecified atom stereocenters. The maximum absolute atomic E-state index is 12.1. The summed E-state index contributed by atoms with van der Waals surface area (Å²) in [7, 11) is 0. The van der Waals surface area contributed by atoms with E-state index < -0.39 is 0 Å². The second kappa shape index (κ2) is 10.1. The minimum atomic E-state index is 0.182. The lowest BCUT2D eigenvalue weighted by Gasteiger charge is -2.37. The summed E-state index contributed by atoms with van der Waals surface area (Å²) in [5, 5.41) is 3.02. The fourth-order valence-corrected chi connectivity index (χ4v) is 3.76. The highest BCUT2D eigenvalue weighted by atomic mass is 16.2. The molecule has 1 aliphatic heterocycles. The smallest absolute Gasteiger partial charge is 0.234 e. The number of aryl methyl sites for hydroxylation is 1. The maximum Gasteiger partial charge on any atom is 0.234 e. The van der Waals surface area contributed by atoms with Crippen LogP contribution in [0.25, 0.3) is 0 Å². The average molecular weight is 373 g/mol. The van der Waals surface area contributed by atoms with Crippen molar-refractivity contribution in [3.63, 3.8) is 0 Å². The highest BCUT2D eigenvalue weighted by Gasteiger charge is 2.26. The summed E-state index contributed by atoms with van der Waals surface area (Å²) >= 11 is 0. The van der Waals surface area contributed by atoms with Gasteiger partial charge in [0.15, 0.2) is 0 Å². The van der Waals surface area contributed by atoms with Crippen LogP contribution in [0.15, 0.2) is 24.3 Å². The zero-order valence-corrected chi connectivity index (χ0v) is 17.1. The normalized spacial score (nSPS) is 18.1. The second-order valence-corrected chi connectivity index (χ2v) is 8.20. The number of carbonyl (C=O) groups excluding carboxylic acids is 1. The third-order valence-electron chi connectivity index (χ3n) is 5.62. The molecule has 0 radical (unpaired) electrons. The Hall–Kier alpha value is -1.59. The third kappa shape index (κ3) is 6.82. The molecule has 0 bridgehead atoms. The van der Waals surface area contributed by atoms with Crippen LogP contribution in [0.2, 0.25) is 0 Å². The predicted molar refractivity (Wildman–Crippen MR) is 112 cm³/mol. The number of rotatable bonds is 10. The van der Waals surface area contributed by atoms with E-state index in [1.807, 2.05) is 0 Å². The summed E-state index contributed by atoms with van der Waals surface area (Å²) in [5.74, 6) is 1.00. The van der Waals surface area contributed by atoms with Crippen LogP contribution in [0.3, 0.4) is 0 Å². The van der Waals surface area contributed by atoms with E-state index in [1.165, 1.54) is 24.1 Å². The Morgan fingerprint density at radius 3 is 2.67 bits per heavy atom. The molecule has 1 aromatic carbocycles. The number of amides is 1. The zero-order valence-electron chi connectivity index (χ0n) is 17.1. The van der Waals surface area contributed by atoms with Gasteiger partial charge in [-0.15, -0.1) is 0 Å². The third-order valence-corrected chi connectivity index (χ3v) is 5.62. The number of benzene rings is 1. The highest BCUT2D eigenvalue weighted by molar-refractivity contribution is 5.77. The molecular weight excluding hydrogens is 336 g/mol. The van der Waals surface area contributed by atoms with Crippen LogP contribution < -0.4 is 10.2 Å². The Kier molecular flexibility index (Phi) is 7.53. The first-order valence-corrected chi connectivity index (χ1v) is 10.7. The summed E-state index contributed by atoms with van der Waals surface area (Å²) in [5.41, 5.74) is 2.67. The molecule has 2 aliphatic rings. The lowest BCUT2D eigenvalue weighted by molar-refractivity contribution is -0.122. The van der Waals surface area contributed by atoms with Crippen molar-refractivity contribution in [2.45, 2.75) is 33.1 Å². The lowest BCUT2D eigenvalue weighted by Crippen LogP contribution is -2.49. The van der Waals surface area contributed by atoms with Crippen molar-refractivity contribution in [2.75, 3.05) is 63.8 Å². The number of nitrogens with zero attached hydrogens (tertiary/aromatic N) is 3. The van der Waals surface area contributed by atoms with Gasteiger partial charge < -0.3 is 10.2 Å². The van der Waals surface area contributed by atoms with E-state index in [-0.39, 0.29) is 5.91 Å². The van der Waals surface area contributed by atoms with Crippen LogP contribution >= 0.6 is 0 Å². The summed E-state index contributed by atoms with van der Waals surface area (Å²) in [4.78, 5) is 19.5. The molecule has 27 heavy (non-hydrogen) atoms. The fourth-order valence-electron chi connectivity index (χ4n) is 3.76. The molecule has 150 valence electrons. The highest BCUT2D eigenvalue weighted by Crippen LogP contribution is 2.29. The monoisotopic (exact) mass is 372 g/mol. The SMILES string of the molecule is CCCNC(=O)CN(CCN1CCN(c2cccc(C)c2)CC1)CC1CC1. The Morgan fingerprint density at radius 2 is 2.00 bits per heavy atom. The lowest BCUT2D eigenvalue weighted by atomic mass is 10.2. The van der Waals surface area contributed by atoms with E-state index in [2.05, 4.69) is 58.1 Å². The summed E-state index contributed by atoms with van der Waals surface area (Å²) in [6.45, 7) is 13.1. The van der Waals surface area contributed by atoms with Crippen molar-refractivity contribution < 1.29 is 4.79 Å². The van der Waals surface area contributed by atoms with Gasteiger partial charge in [-0.3, -0.25) is 14.6 Å². The Labute approximate surface area is 164 Å². The first-order valence-electron chi connectivity index (χ1n) is 10.7. The molecule has 3 rings (SSSR count). The van der Waals surface area contributed by atoms with Crippen molar-refractivity contribution in [3.8, 4) is 0 Å². The summed E-state index contributed by atoms with van der Waals surface area (Å²) < 4.78 is 0. The molecule has 5 heteroatoms. The van der Waals surface area contributed by atoms with Gasteiger partial charge in [0.1, 0.15) is 0 Å². The van der Waals surface area contributed by atoms with E-state index >= 15 is 0 Å². The van der Waals surface area contributed by atoms with Gasteiger partial charge in [0.05, 0.1) is 6.54 Å². The van der Waals surface area contributed by atoms with E-state index in [0.29, 0.717) is 6.54 Å². The Balaban J connectivity index is 1.41. The molecule has 1 saturated heterocycles. The van der Waals surface area contributed by atoms with Gasteiger partial charge in [-0.1, -0.05) is 19.1 Å². The van der Waals surface area contributed by atoms with Crippen LogP contribution in [0.5, 0.6) is 0 Å². The van der Waals surface area contributed by atoms with Gasteiger partial charge in [-0.2, -0.15) is 0 Å². The van der Waals surface area contributed by atoms with Crippen LogP contribution in [0, 0.1) is 12.8 Å². The predicted octanol–water partition coefficient (Wildman–Crippen LogP) is 2.36. The number of hydrogen-bond donors (Lipinski definition) is 1. The van der Waals surface area contributed by atoms with Crippen molar-refractivity contribution in [2.24, 2.45) is 5.92 Å². The number of carbonyl (C=O) groups is 1. The number of nitrogens with one attached hydrogen (secondary N) is 1. The first-order chi connectivity index (χ1) is 13.1. The van der Waals surface area contributed by atoms with Crippen molar-refractivity contribution in [1.82, 2.24) is 15.1 Å². The quantitative estimate of drug-likeness (QED) is 0.684. The van der Waals surface area contributed by atoms with Crippen molar-refractivity contribution in [3.05, 3.63) is 29.8 Å². The zero-order chi connectivity index (χ0) is 19.1. The summed E-state index contributed by atoms with van der Waals surface area (Å²) in [6, 6.07) is 8.80. The Morgan fingerprint density at radius 1 is 1.22 bits per heavy atom. The molecular formula is C22H36N4O. The van der Waals surface area contributed by atoms with E-state index in [9.17, 15) is 4.79 Å². The van der Waals surface area contributed by atoms with Gasteiger partial charge >= 0.3 is 0 Å². The van der Waals surface area contributed by atoms with Gasteiger partial charge in [-0.25, -0.2) is 0 Å². The van der Waals surface area contributed by atoms with Gasteiger partial charge in [0.2, 0.25) is 5.91 Å². The van der Waals surface area contributed by atoms with E-state index in [0.717, 1.165) is 64.7 Å². The summed E-state index contributed by atoms with van der Waals surface area (Å²) in [6.07, 6.45) is 3.67. The fraction of sp³-hybridized carbons (Fsp3) is 0.682. The number of anilines is 1. The van der Waals surface area contributed by atoms with Gasteiger partial charge in [0.25, 0.3) is 0 Å². The Bertz CT molecular complexity index is 594. The van der Waals surface area contributed by atoms with Crippen molar-refractivity contribution >= 4 is 11.6 Å². The van der Waals surface area contributed by atoms with Crippen LogP contribution in [0.1, 0.15) is 31.7 Å². The van der Waals surface area contributed by atoms with Gasteiger partial charge in [0, 0.05) is 58.0 Å². The largest absolute Gasteiger partial charge is 0.369 e. The first kappa shape index (κ1) is 20.2. The minimum absolute atomic E-state index is 0.182. The topological polar surface area (TPSA) is 38.8 Å². The standard InChI is InChI=1S/C22H36N4O/c1-3-9-23-22(27)18-25(17-20-7-8-20)11-10-24-12-14-26(15-13-24)21-6-4-5-19(2)16-21/h4-6,16,20H,3,7-15,17-18H2,1-2H3,(H,23,27). The minimum Gasteiger partial charge on any atom is -0.369 e. The molecule has 5 nitrogen and oxygen atoms in total. The van der Waals surface area contributed by atoms with Crippen LogP contribution in [0.4, 0.5) is 5.69 Å². The molecule has 1 aromatic rings. The van der Waals surface area contributed by atoms with Crippen LogP contribution in [-0.2, 0) is 4.79 Å². The van der Waals surface area contributed by atoms with Crippen molar-refractivity contribution in [1.29, 1.82) is 0 Å². The maximum atomic E-state index is 12.1. The molecule has 1 amide bonds. The average Bonchev–Trinajstić information content (AvgIpc) is 3.49. The molecule has 1 saturated carbocycles. The van der Waals surface area contributed by atoms with E-state index in [4.69, 9.17) is 0 Å². The molecule has 0 atom stereocenters. The number of hydrogen-bond acceptors (Lipinski definition) is 4. The van der Waals surface area contributed by atoms with Gasteiger partial charge in [-0.05, 0) is 49.8 Å². The molecule has 1 aliphatic carbocycles. The molecule has 2 fully saturated rings. The second-order valence-electron chi connectivity index (χ2n) is 8.20. The molecule has 1 N–H and O–H groups in total. The molecule has 0 aromatic heterocycles. The van der Waals surface area contributed by atoms with Crippen LogP contribution in [-0.4, -0.2) is 74.6 Å². The number of piperazine rings is 1. The molecule has 0 spiro atoms. The molecule has 1 heterocycles.